The molecular weight excluding hydrogens is 456 g/mol. The van der Waals surface area contributed by atoms with Crippen LogP contribution in [0.2, 0.25) is 0 Å². The number of aromatic hydroxyl groups is 1. The van der Waals surface area contributed by atoms with Crippen molar-refractivity contribution in [3.63, 3.8) is 0 Å². The lowest BCUT2D eigenvalue weighted by atomic mass is 9.85. The number of benzene rings is 3. The molecule has 2 saturated heterocycles. The molecule has 2 atom stereocenters. The third-order valence-corrected chi connectivity index (χ3v) is 8.22. The van der Waals surface area contributed by atoms with Gasteiger partial charge in [-0.2, -0.15) is 0 Å². The van der Waals surface area contributed by atoms with Gasteiger partial charge in [0.1, 0.15) is 5.75 Å². The molecule has 2 heterocycles. The molecule has 3 aromatic rings. The monoisotopic (exact) mass is 494 g/mol. The first kappa shape index (κ1) is 25.3. The van der Waals surface area contributed by atoms with Crippen molar-refractivity contribution in [2.24, 2.45) is 0 Å². The molecule has 0 aliphatic carbocycles. The average molecular weight is 495 g/mol. The Hall–Kier alpha value is -3.37. The zero-order chi connectivity index (χ0) is 25.8. The smallest absolute Gasteiger partial charge is 0.253 e. The Balaban J connectivity index is 1.40. The second kappa shape index (κ2) is 11.4. The van der Waals surface area contributed by atoms with Crippen molar-refractivity contribution < 1.29 is 9.90 Å². The van der Waals surface area contributed by atoms with E-state index in [1.165, 1.54) is 35.1 Å². The Bertz CT molecular complexity index is 1210. The summed E-state index contributed by atoms with van der Waals surface area (Å²) >= 11 is 0. The maximum absolute atomic E-state index is 12.9. The average Bonchev–Trinajstić information content (AvgIpc) is 3.17. The molecule has 5 rings (SSSR count). The lowest BCUT2D eigenvalue weighted by molar-refractivity contribution is 0.0773. The van der Waals surface area contributed by atoms with Gasteiger partial charge in [0.05, 0.1) is 0 Å². The first-order chi connectivity index (χ1) is 18.1. The van der Waals surface area contributed by atoms with Crippen LogP contribution in [0.15, 0.2) is 84.4 Å². The van der Waals surface area contributed by atoms with Gasteiger partial charge >= 0.3 is 0 Å². The molecule has 2 aliphatic heterocycles. The van der Waals surface area contributed by atoms with E-state index in [0.717, 1.165) is 44.5 Å². The van der Waals surface area contributed by atoms with E-state index in [9.17, 15) is 9.90 Å². The highest BCUT2D eigenvalue weighted by Gasteiger charge is 2.39. The van der Waals surface area contributed by atoms with Crippen LogP contribution in [0.4, 0.5) is 0 Å². The van der Waals surface area contributed by atoms with E-state index in [1.54, 1.807) is 17.7 Å². The molecule has 4 nitrogen and oxygen atoms in total. The maximum Gasteiger partial charge on any atom is 0.253 e. The molecule has 0 aromatic heterocycles. The normalized spacial score (nSPS) is 19.1. The number of nitrogens with zero attached hydrogens (tertiary/aromatic N) is 2. The van der Waals surface area contributed by atoms with Crippen LogP contribution in [0.1, 0.15) is 66.6 Å². The van der Waals surface area contributed by atoms with E-state index in [-0.39, 0.29) is 5.91 Å². The molecule has 0 radical (unpaired) electrons. The first-order valence-electron chi connectivity index (χ1n) is 13.8. The van der Waals surface area contributed by atoms with Crippen LogP contribution in [-0.2, 0) is 6.42 Å². The second-order valence-corrected chi connectivity index (χ2v) is 10.3. The summed E-state index contributed by atoms with van der Waals surface area (Å²) < 4.78 is 0. The minimum atomic E-state index is 0.102. The predicted octanol–water partition coefficient (Wildman–Crippen LogP) is 6.55. The Morgan fingerprint density at radius 1 is 0.811 bits per heavy atom. The summed E-state index contributed by atoms with van der Waals surface area (Å²) in [7, 11) is 0. The largest absolute Gasteiger partial charge is 0.508 e. The number of amides is 1. The molecule has 2 aliphatic rings. The molecule has 2 fully saturated rings. The highest BCUT2D eigenvalue weighted by molar-refractivity contribution is 5.95. The van der Waals surface area contributed by atoms with E-state index in [2.05, 4.69) is 47.4 Å². The molecule has 3 aromatic carbocycles. The van der Waals surface area contributed by atoms with Gasteiger partial charge in [0, 0.05) is 37.3 Å². The lowest BCUT2D eigenvalue weighted by Gasteiger charge is -2.37. The van der Waals surface area contributed by atoms with Crippen molar-refractivity contribution >= 4 is 11.5 Å². The number of piperidine rings is 1. The second-order valence-electron chi connectivity index (χ2n) is 10.3. The van der Waals surface area contributed by atoms with Crippen LogP contribution in [0, 0.1) is 0 Å². The standard InChI is InChI=1S/C33H38N2O2/c1-3-34(4-2)33(37)27-14-12-26(13-15-27)32(25-8-6-5-7-9-25)28-22-29-16-17-30(23-28)35(29)21-20-24-10-18-31(36)19-11-24/h5-15,18-19,29-30,36H,3-4,16-17,20-23H2,1-2H3. The fourth-order valence-corrected chi connectivity index (χ4v) is 6.25. The van der Waals surface area contributed by atoms with Crippen molar-refractivity contribution in [1.82, 2.24) is 9.80 Å². The van der Waals surface area contributed by atoms with E-state index in [1.807, 2.05) is 43.0 Å². The minimum Gasteiger partial charge on any atom is -0.508 e. The van der Waals surface area contributed by atoms with Gasteiger partial charge in [0.2, 0.25) is 0 Å². The number of hydrogen-bond acceptors (Lipinski definition) is 3. The van der Waals surface area contributed by atoms with Gasteiger partial charge in [-0.05, 0) is 92.5 Å². The topological polar surface area (TPSA) is 43.8 Å². The van der Waals surface area contributed by atoms with E-state index < -0.39 is 0 Å². The summed E-state index contributed by atoms with van der Waals surface area (Å²) in [6, 6.07) is 27.8. The molecule has 1 amide bonds. The van der Waals surface area contributed by atoms with E-state index in [4.69, 9.17) is 0 Å². The van der Waals surface area contributed by atoms with Crippen molar-refractivity contribution in [3.8, 4) is 5.75 Å². The fraction of sp³-hybridized carbons (Fsp3) is 0.364. The highest BCUT2D eigenvalue weighted by atomic mass is 16.3. The summed E-state index contributed by atoms with van der Waals surface area (Å²) in [5, 5.41) is 9.59. The Labute approximate surface area is 221 Å². The van der Waals surface area contributed by atoms with Crippen LogP contribution >= 0.6 is 0 Å². The molecule has 2 unspecified atom stereocenters. The van der Waals surface area contributed by atoms with Crippen LogP contribution in [0.3, 0.4) is 0 Å². The van der Waals surface area contributed by atoms with Gasteiger partial charge in [-0.25, -0.2) is 0 Å². The van der Waals surface area contributed by atoms with E-state index >= 15 is 0 Å². The summed E-state index contributed by atoms with van der Waals surface area (Å²) in [6.07, 6.45) is 5.71. The third-order valence-electron chi connectivity index (χ3n) is 8.22. The molecule has 2 bridgehead atoms. The molecule has 1 N–H and O–H groups in total. The summed E-state index contributed by atoms with van der Waals surface area (Å²) in [4.78, 5) is 17.5. The van der Waals surface area contributed by atoms with Gasteiger partial charge < -0.3 is 10.0 Å². The molecule has 0 spiro atoms. The Morgan fingerprint density at radius 2 is 1.38 bits per heavy atom. The molecule has 0 saturated carbocycles. The van der Waals surface area contributed by atoms with Gasteiger partial charge in [-0.3, -0.25) is 9.69 Å². The van der Waals surface area contributed by atoms with Gasteiger partial charge in [-0.15, -0.1) is 0 Å². The number of carbonyl (C=O) groups is 1. The molecule has 4 heteroatoms. The molecule has 37 heavy (non-hydrogen) atoms. The number of fused-ring (bicyclic) bond motifs is 2. The minimum absolute atomic E-state index is 0.102. The summed E-state index contributed by atoms with van der Waals surface area (Å²) in [6.45, 7) is 6.57. The van der Waals surface area contributed by atoms with Crippen LogP contribution in [-0.4, -0.2) is 52.5 Å². The van der Waals surface area contributed by atoms with Gasteiger partial charge in [0.25, 0.3) is 5.91 Å². The zero-order valence-electron chi connectivity index (χ0n) is 22.1. The number of hydrogen-bond donors (Lipinski definition) is 1. The van der Waals surface area contributed by atoms with Crippen LogP contribution in [0.5, 0.6) is 5.75 Å². The lowest BCUT2D eigenvalue weighted by Crippen LogP contribution is -2.41. The van der Waals surface area contributed by atoms with Crippen molar-refractivity contribution in [3.05, 3.63) is 107 Å². The van der Waals surface area contributed by atoms with Crippen LogP contribution in [0.25, 0.3) is 5.57 Å². The quantitative estimate of drug-likeness (QED) is 0.386. The Morgan fingerprint density at radius 3 is 1.97 bits per heavy atom. The Kier molecular flexibility index (Phi) is 7.76. The fourth-order valence-electron chi connectivity index (χ4n) is 6.25. The third kappa shape index (κ3) is 5.50. The summed E-state index contributed by atoms with van der Waals surface area (Å²) in [5.74, 6) is 0.431. The van der Waals surface area contributed by atoms with Crippen LogP contribution < -0.4 is 0 Å². The zero-order valence-corrected chi connectivity index (χ0v) is 22.1. The van der Waals surface area contributed by atoms with Crippen molar-refractivity contribution in [2.75, 3.05) is 19.6 Å². The van der Waals surface area contributed by atoms with Crippen molar-refractivity contribution in [1.29, 1.82) is 0 Å². The van der Waals surface area contributed by atoms with Crippen molar-refractivity contribution in [2.45, 2.75) is 58.0 Å². The first-order valence-corrected chi connectivity index (χ1v) is 13.8. The molecular formula is C33H38N2O2. The van der Waals surface area contributed by atoms with Gasteiger partial charge in [-0.1, -0.05) is 60.2 Å². The maximum atomic E-state index is 12.9. The predicted molar refractivity (Wildman–Crippen MR) is 151 cm³/mol. The summed E-state index contributed by atoms with van der Waals surface area (Å²) in [5.41, 5.74) is 7.39. The number of rotatable bonds is 8. The van der Waals surface area contributed by atoms with E-state index in [0.29, 0.717) is 17.8 Å². The SMILES string of the molecule is CCN(CC)C(=O)c1ccc(C(=C2CC3CCC(C2)N3CCc2ccc(O)cc2)c2ccccc2)cc1. The number of phenolic OH excluding ortho intramolecular Hbond substituents is 1. The van der Waals surface area contributed by atoms with Gasteiger partial charge in [0.15, 0.2) is 0 Å². The number of carbonyl (C=O) groups excluding carboxylic acids is 1. The highest BCUT2D eigenvalue weighted by Crippen LogP contribution is 2.43. The molecule has 192 valence electrons. The number of phenols is 1.